The second-order valence-corrected chi connectivity index (χ2v) is 15.9. The number of aromatic amines is 1. The summed E-state index contributed by atoms with van der Waals surface area (Å²) in [5.74, 6) is -5.45. The van der Waals surface area contributed by atoms with E-state index in [2.05, 4.69) is 9.71 Å². The summed E-state index contributed by atoms with van der Waals surface area (Å²) in [6.45, 7) is 3.97. The van der Waals surface area contributed by atoms with Crippen LogP contribution in [0.25, 0.3) is 0 Å². The van der Waals surface area contributed by atoms with Crippen molar-refractivity contribution < 1.29 is 43.6 Å². The number of carbonyl (C=O) groups is 1. The summed E-state index contributed by atoms with van der Waals surface area (Å²) >= 11 is 0. The summed E-state index contributed by atoms with van der Waals surface area (Å²) in [6, 6.07) is 7.77. The third-order valence-corrected chi connectivity index (χ3v) is 11.7. The Morgan fingerprint density at radius 2 is 1.78 bits per heavy atom. The van der Waals surface area contributed by atoms with Gasteiger partial charge < -0.3 is 9.88 Å². The molecule has 3 atom stereocenters. The van der Waals surface area contributed by atoms with Gasteiger partial charge in [0.05, 0.1) is 16.2 Å². The Labute approximate surface area is 285 Å². The van der Waals surface area contributed by atoms with Gasteiger partial charge in [-0.05, 0) is 61.7 Å². The SMILES string of the molecule is CCCS(=O)(=O)NC1=CC(S(=O)(=O)NC(=O)C2(C)C(c3ccc[nH]c3=O)c3cc(C(F)(F)F)ccc3N2Cc2ccc(F)cc2F)=CCC1C. The highest BCUT2D eigenvalue weighted by Crippen LogP contribution is 2.52. The van der Waals surface area contributed by atoms with Crippen molar-refractivity contribution in [1.82, 2.24) is 14.4 Å². The summed E-state index contributed by atoms with van der Waals surface area (Å²) in [7, 11) is -8.60. The molecule has 0 saturated carbocycles. The van der Waals surface area contributed by atoms with Crippen LogP contribution in [0.1, 0.15) is 61.8 Å². The van der Waals surface area contributed by atoms with Crippen LogP contribution >= 0.6 is 0 Å². The van der Waals surface area contributed by atoms with Gasteiger partial charge in [0, 0.05) is 53.2 Å². The lowest BCUT2D eigenvalue weighted by atomic mass is 9.78. The van der Waals surface area contributed by atoms with E-state index >= 15 is 4.39 Å². The molecule has 1 aliphatic carbocycles. The third-order valence-electron chi connectivity index (χ3n) is 8.83. The van der Waals surface area contributed by atoms with Gasteiger partial charge in [0.1, 0.15) is 17.2 Å². The molecule has 3 unspecified atom stereocenters. The van der Waals surface area contributed by atoms with Gasteiger partial charge in [-0.3, -0.25) is 14.3 Å². The molecule has 0 bridgehead atoms. The van der Waals surface area contributed by atoms with Crippen LogP contribution in [0, 0.1) is 17.6 Å². The van der Waals surface area contributed by atoms with E-state index < -0.39 is 83.7 Å². The maximum atomic E-state index is 15.1. The first-order valence-electron chi connectivity index (χ1n) is 15.4. The van der Waals surface area contributed by atoms with Crippen molar-refractivity contribution in [2.24, 2.45) is 5.92 Å². The maximum Gasteiger partial charge on any atom is 0.416 e. The van der Waals surface area contributed by atoms with Crippen molar-refractivity contribution in [3.63, 3.8) is 0 Å². The molecule has 2 aliphatic rings. The van der Waals surface area contributed by atoms with Gasteiger partial charge >= 0.3 is 6.18 Å². The zero-order valence-corrected chi connectivity index (χ0v) is 28.6. The number of nitrogens with one attached hydrogen (secondary N) is 3. The number of rotatable bonds is 10. The summed E-state index contributed by atoms with van der Waals surface area (Å²) in [5.41, 5.74) is -4.66. The Balaban J connectivity index is 1.66. The third kappa shape index (κ3) is 7.06. The fourth-order valence-electron chi connectivity index (χ4n) is 6.25. The van der Waals surface area contributed by atoms with Crippen LogP contribution in [0.3, 0.4) is 0 Å². The molecule has 1 aliphatic heterocycles. The van der Waals surface area contributed by atoms with E-state index in [4.69, 9.17) is 0 Å². The van der Waals surface area contributed by atoms with E-state index in [0.29, 0.717) is 12.5 Å². The average Bonchev–Trinajstić information content (AvgIpc) is 3.26. The molecule has 50 heavy (non-hydrogen) atoms. The summed E-state index contributed by atoms with van der Waals surface area (Å²) < 4.78 is 128. The molecule has 0 saturated heterocycles. The number of nitrogens with zero attached hydrogens (tertiary/aromatic N) is 1. The number of hydrogen-bond acceptors (Lipinski definition) is 7. The molecule has 0 fully saturated rings. The molecule has 2 heterocycles. The summed E-state index contributed by atoms with van der Waals surface area (Å²) in [4.78, 5) is 30.8. The van der Waals surface area contributed by atoms with E-state index in [1.54, 1.807) is 13.8 Å². The number of fused-ring (bicyclic) bond motifs is 1. The molecule has 1 aromatic heterocycles. The van der Waals surface area contributed by atoms with Gasteiger partial charge in [-0.1, -0.05) is 32.1 Å². The van der Waals surface area contributed by atoms with Crippen LogP contribution in [0.15, 0.2) is 82.3 Å². The molecule has 10 nitrogen and oxygen atoms in total. The number of alkyl halides is 3. The summed E-state index contributed by atoms with van der Waals surface area (Å²) in [5, 5.41) is 0. The Morgan fingerprint density at radius 3 is 2.42 bits per heavy atom. The zero-order valence-electron chi connectivity index (χ0n) is 26.9. The van der Waals surface area contributed by atoms with E-state index in [9.17, 15) is 44.0 Å². The zero-order chi connectivity index (χ0) is 36.8. The number of pyridine rings is 1. The second kappa shape index (κ2) is 13.3. The molecular weight excluding hydrogens is 708 g/mol. The Morgan fingerprint density at radius 1 is 1.06 bits per heavy atom. The smallest absolute Gasteiger partial charge is 0.352 e. The number of benzene rings is 2. The van der Waals surface area contributed by atoms with E-state index in [1.165, 1.54) is 36.2 Å². The first-order chi connectivity index (χ1) is 23.3. The average molecular weight is 741 g/mol. The fraction of sp³-hybridized carbons (Fsp3) is 0.333. The fourth-order valence-corrected chi connectivity index (χ4v) is 8.67. The number of halogens is 5. The molecule has 2 aromatic carbocycles. The van der Waals surface area contributed by atoms with Crippen LogP contribution in [-0.2, 0) is 37.6 Å². The van der Waals surface area contributed by atoms with Gasteiger partial charge in [0.15, 0.2) is 0 Å². The monoisotopic (exact) mass is 740 g/mol. The van der Waals surface area contributed by atoms with Crippen LogP contribution in [-0.4, -0.2) is 39.0 Å². The quantitative estimate of drug-likeness (QED) is 0.244. The number of hydrogen-bond donors (Lipinski definition) is 3. The minimum absolute atomic E-state index is 0.0387. The Bertz CT molecular complexity index is 2180. The lowest BCUT2D eigenvalue weighted by molar-refractivity contribution is -0.137. The van der Waals surface area contributed by atoms with Crippen molar-refractivity contribution in [1.29, 1.82) is 0 Å². The normalized spacial score (nSPS) is 20.9. The highest BCUT2D eigenvalue weighted by molar-refractivity contribution is 7.94. The topological polar surface area (TPSA) is 146 Å². The lowest BCUT2D eigenvalue weighted by Gasteiger charge is -2.39. The molecule has 3 aromatic rings. The Hall–Kier alpha value is -4.51. The lowest BCUT2D eigenvalue weighted by Crippen LogP contribution is -2.59. The number of amides is 1. The number of sulfonamides is 2. The highest BCUT2D eigenvalue weighted by atomic mass is 32.2. The molecule has 268 valence electrons. The molecule has 0 spiro atoms. The van der Waals surface area contributed by atoms with Crippen LogP contribution in [0.5, 0.6) is 0 Å². The van der Waals surface area contributed by atoms with Crippen LogP contribution in [0.2, 0.25) is 0 Å². The molecule has 3 N–H and O–H groups in total. The van der Waals surface area contributed by atoms with Crippen molar-refractivity contribution >= 4 is 31.6 Å². The standard InChI is InChI=1S/C33H33F5N4O6S2/c1-4-14-49(45,46)40-27-17-23(11-7-19(27)2)50(47,48)41-31(44)32(3)29(24-6-5-13-39-30(24)43)25-15-21(33(36,37)38)9-12-28(25)42(32)18-20-8-10-22(34)16-26(20)35/h5-6,8-13,15-17,19,29,40H,4,7,14,18H2,1-3H3,(H,39,43)(H,41,44). The minimum atomic E-state index is -4.85. The molecule has 17 heteroatoms. The van der Waals surface area contributed by atoms with Gasteiger partial charge in [0.2, 0.25) is 10.0 Å². The first kappa shape index (κ1) is 36.8. The number of allylic oxidation sites excluding steroid dienone is 3. The predicted molar refractivity (Wildman–Crippen MR) is 176 cm³/mol. The molecule has 5 rings (SSSR count). The number of anilines is 1. The van der Waals surface area contributed by atoms with Gasteiger partial charge in [0.25, 0.3) is 21.5 Å². The van der Waals surface area contributed by atoms with Crippen molar-refractivity contribution in [2.45, 2.75) is 57.8 Å². The van der Waals surface area contributed by atoms with Gasteiger partial charge in [-0.25, -0.2) is 30.3 Å². The predicted octanol–water partition coefficient (Wildman–Crippen LogP) is 5.17. The number of H-pyrrole nitrogens is 1. The first-order valence-corrected chi connectivity index (χ1v) is 18.5. The number of carbonyl (C=O) groups excluding carboxylic acids is 1. The van der Waals surface area contributed by atoms with E-state index in [-0.39, 0.29) is 40.2 Å². The highest BCUT2D eigenvalue weighted by Gasteiger charge is 2.56. The van der Waals surface area contributed by atoms with E-state index in [0.717, 1.165) is 36.4 Å². The summed E-state index contributed by atoms with van der Waals surface area (Å²) in [6.07, 6.45) is -0.867. The molecular formula is C33H33F5N4O6S2. The second-order valence-electron chi connectivity index (χ2n) is 12.3. The maximum absolute atomic E-state index is 15.1. The Kier molecular flexibility index (Phi) is 9.79. The minimum Gasteiger partial charge on any atom is -0.352 e. The number of aromatic nitrogens is 1. The molecule has 0 radical (unpaired) electrons. The van der Waals surface area contributed by atoms with Crippen molar-refractivity contribution in [3.8, 4) is 0 Å². The largest absolute Gasteiger partial charge is 0.416 e. The van der Waals surface area contributed by atoms with Crippen LogP contribution < -0.4 is 19.9 Å². The van der Waals surface area contributed by atoms with Crippen LogP contribution in [0.4, 0.5) is 27.6 Å². The van der Waals surface area contributed by atoms with Gasteiger partial charge in [-0.15, -0.1) is 0 Å². The van der Waals surface area contributed by atoms with E-state index in [1.807, 2.05) is 4.72 Å². The van der Waals surface area contributed by atoms with Crippen molar-refractivity contribution in [3.05, 3.63) is 122 Å². The molecule has 1 amide bonds. The van der Waals surface area contributed by atoms with Gasteiger partial charge in [-0.2, -0.15) is 13.2 Å². The van der Waals surface area contributed by atoms with Crippen molar-refractivity contribution in [2.75, 3.05) is 10.7 Å².